The Bertz CT molecular complexity index is 1350. The molecule has 5 saturated heterocycles. The van der Waals surface area contributed by atoms with Gasteiger partial charge in [-0.3, -0.25) is 9.80 Å². The van der Waals surface area contributed by atoms with Crippen molar-refractivity contribution < 1.29 is 0 Å². The van der Waals surface area contributed by atoms with Crippen molar-refractivity contribution >= 4 is 13.6 Å². The minimum absolute atomic E-state index is 0.0106. The first-order chi connectivity index (χ1) is 21.9. The smallest absolute Gasteiger partial charge is 0.0401 e. The SMILES string of the molecule is Cc1ccc(N2C3CCC4C5CC(C)CCC5N5C6CCC(C)C7C6P(C3C45)C3C2C(C)CC2C4CC(C)CCC4N7C23)cc1. The molecule has 1 aromatic carbocycles. The minimum Gasteiger partial charge on any atom is -0.364 e. The van der Waals surface area contributed by atoms with Crippen molar-refractivity contribution in [2.45, 2.75) is 171 Å². The van der Waals surface area contributed by atoms with Gasteiger partial charge in [0, 0.05) is 71.0 Å². The molecular weight excluding hydrogens is 565 g/mol. The molecule has 5 aliphatic carbocycles. The first kappa shape index (κ1) is 28.2. The van der Waals surface area contributed by atoms with Gasteiger partial charge in [0.25, 0.3) is 0 Å². The summed E-state index contributed by atoms with van der Waals surface area (Å²) in [5.41, 5.74) is 5.94. The molecule has 0 aromatic heterocycles. The van der Waals surface area contributed by atoms with Crippen LogP contribution in [0.15, 0.2) is 24.3 Å². The summed E-state index contributed by atoms with van der Waals surface area (Å²) < 4.78 is 0. The summed E-state index contributed by atoms with van der Waals surface area (Å²) in [4.78, 5) is 10.1. The molecule has 20 atom stereocenters. The van der Waals surface area contributed by atoms with Crippen LogP contribution in [0, 0.1) is 54.3 Å². The third-order valence-electron chi connectivity index (χ3n) is 17.2. The van der Waals surface area contributed by atoms with E-state index in [1.807, 2.05) is 0 Å². The Morgan fingerprint density at radius 2 is 1.13 bits per heavy atom. The zero-order valence-electron chi connectivity index (χ0n) is 28.8. The Morgan fingerprint density at radius 1 is 0.511 bits per heavy atom. The van der Waals surface area contributed by atoms with Gasteiger partial charge >= 0.3 is 0 Å². The van der Waals surface area contributed by atoms with E-state index in [2.05, 4.69) is 73.6 Å². The third-order valence-corrected chi connectivity index (χ3v) is 21.1. The van der Waals surface area contributed by atoms with Crippen LogP contribution in [-0.2, 0) is 0 Å². The predicted molar refractivity (Wildman–Crippen MR) is 187 cm³/mol. The number of nitrogens with zero attached hydrogens (tertiary/aromatic N) is 3. The molecule has 5 aliphatic heterocycles. The number of benzene rings is 1. The molecule has 0 N–H and O–H groups in total. The first-order valence-corrected chi connectivity index (χ1v) is 21.6. The second-order valence-electron chi connectivity index (χ2n) is 19.1. The molecule has 0 radical (unpaired) electrons. The molecule has 20 unspecified atom stereocenters. The average molecular weight is 626 g/mol. The predicted octanol–water partition coefficient (Wildman–Crippen LogP) is 8.38. The third kappa shape index (κ3) is 3.51. The van der Waals surface area contributed by atoms with Crippen LogP contribution < -0.4 is 4.90 Å². The second-order valence-corrected chi connectivity index (χ2v) is 21.8. The maximum absolute atomic E-state index is 3.44. The zero-order chi connectivity index (χ0) is 30.0. The Morgan fingerprint density at radius 3 is 1.89 bits per heavy atom. The Kier molecular flexibility index (Phi) is 6.12. The lowest BCUT2D eigenvalue weighted by molar-refractivity contribution is -0.0408. The molecule has 3 nitrogen and oxygen atoms in total. The van der Waals surface area contributed by atoms with Crippen LogP contribution in [0.3, 0.4) is 0 Å². The topological polar surface area (TPSA) is 9.72 Å². The maximum atomic E-state index is 3.44. The van der Waals surface area contributed by atoms with Crippen molar-refractivity contribution in [1.82, 2.24) is 9.80 Å². The van der Waals surface area contributed by atoms with Crippen molar-refractivity contribution in [1.29, 1.82) is 0 Å². The maximum Gasteiger partial charge on any atom is 0.0401 e. The van der Waals surface area contributed by atoms with Crippen molar-refractivity contribution in [2.75, 3.05) is 4.90 Å². The molecule has 5 heterocycles. The number of anilines is 1. The van der Waals surface area contributed by atoms with Gasteiger partial charge < -0.3 is 4.90 Å². The van der Waals surface area contributed by atoms with Crippen LogP contribution in [0.5, 0.6) is 0 Å². The number of fused-ring (bicyclic) bond motifs is 8. The highest BCUT2D eigenvalue weighted by molar-refractivity contribution is 7.60. The summed E-state index contributed by atoms with van der Waals surface area (Å²) in [6.07, 6.45) is 16.6. The van der Waals surface area contributed by atoms with Gasteiger partial charge in [0.15, 0.2) is 0 Å². The molecule has 4 heteroatoms. The normalized spacial score (nSPS) is 58.9. The van der Waals surface area contributed by atoms with Gasteiger partial charge in [-0.15, -0.1) is 0 Å². The van der Waals surface area contributed by atoms with Crippen molar-refractivity contribution in [3.63, 3.8) is 0 Å². The van der Waals surface area contributed by atoms with Gasteiger partial charge in [0.2, 0.25) is 0 Å². The number of aryl methyl sites for hydroxylation is 1. The quantitative estimate of drug-likeness (QED) is 0.290. The van der Waals surface area contributed by atoms with Gasteiger partial charge in [-0.2, -0.15) is 0 Å². The molecule has 10 fully saturated rings. The van der Waals surface area contributed by atoms with Crippen molar-refractivity contribution in [2.24, 2.45) is 47.3 Å². The highest BCUT2D eigenvalue weighted by atomic mass is 31.1. The highest BCUT2D eigenvalue weighted by Crippen LogP contribution is 2.78. The lowest BCUT2D eigenvalue weighted by Gasteiger charge is -2.75. The Labute approximate surface area is 275 Å². The fourth-order valence-electron chi connectivity index (χ4n) is 16.1. The summed E-state index contributed by atoms with van der Waals surface area (Å²) in [6, 6.07) is 17.0. The van der Waals surface area contributed by atoms with E-state index < -0.39 is 0 Å². The van der Waals surface area contributed by atoms with Crippen molar-refractivity contribution in [3.05, 3.63) is 29.8 Å². The van der Waals surface area contributed by atoms with E-state index in [9.17, 15) is 0 Å². The fourth-order valence-corrected chi connectivity index (χ4v) is 21.7. The van der Waals surface area contributed by atoms with E-state index in [4.69, 9.17) is 0 Å². The van der Waals surface area contributed by atoms with Gasteiger partial charge in [-0.05, 0) is 137 Å². The highest BCUT2D eigenvalue weighted by Gasteiger charge is 2.75. The standard InChI is InChI=1S/C41H60N3P/c1-21-6-11-26(12-7-21)42-33-17-13-27-28-18-22(2)8-14-31(28)43-34-16-10-24(4)35-39(34)45(40(33)37(27)43)41-36(42)25(5)20-30-29-19-23(3)9-15-32(29)44(35)38(30)41/h6-7,11-12,22-25,27-41H,8-10,13-20H2,1-5H3. The van der Waals surface area contributed by atoms with E-state index in [1.54, 1.807) is 12.1 Å². The summed E-state index contributed by atoms with van der Waals surface area (Å²) in [5.74, 6) is 7.59. The second kappa shape index (κ2) is 9.75. The summed E-state index contributed by atoms with van der Waals surface area (Å²) in [5, 5.41) is 0. The van der Waals surface area contributed by atoms with Crippen LogP contribution in [0.1, 0.15) is 104 Å². The molecule has 0 spiro atoms. The van der Waals surface area contributed by atoms with Gasteiger partial charge in [-0.25, -0.2) is 0 Å². The Hall–Kier alpha value is -0.630. The molecule has 11 rings (SSSR count). The van der Waals surface area contributed by atoms with Gasteiger partial charge in [0.1, 0.15) is 0 Å². The van der Waals surface area contributed by atoms with Crippen LogP contribution in [0.2, 0.25) is 0 Å². The van der Waals surface area contributed by atoms with Crippen LogP contribution in [0.25, 0.3) is 0 Å². The van der Waals surface area contributed by atoms with Gasteiger partial charge in [-0.1, -0.05) is 53.3 Å². The van der Waals surface area contributed by atoms with Crippen molar-refractivity contribution in [3.8, 4) is 0 Å². The Balaban J connectivity index is 1.13. The van der Waals surface area contributed by atoms with Crippen LogP contribution in [-0.4, -0.2) is 75.1 Å². The van der Waals surface area contributed by atoms with E-state index in [-0.39, 0.29) is 7.92 Å². The summed E-state index contributed by atoms with van der Waals surface area (Å²) >= 11 is 0. The van der Waals surface area contributed by atoms with E-state index in [0.29, 0.717) is 0 Å². The average Bonchev–Trinajstić information content (AvgIpc) is 3.53. The molecule has 0 amide bonds. The molecule has 244 valence electrons. The molecule has 45 heavy (non-hydrogen) atoms. The molecule has 10 aliphatic rings. The van der Waals surface area contributed by atoms with Crippen LogP contribution in [0.4, 0.5) is 5.69 Å². The first-order valence-electron chi connectivity index (χ1n) is 20.1. The van der Waals surface area contributed by atoms with E-state index >= 15 is 0 Å². The largest absolute Gasteiger partial charge is 0.364 e. The zero-order valence-corrected chi connectivity index (χ0v) is 29.7. The number of rotatable bonds is 1. The molecule has 5 saturated carbocycles. The molecule has 1 aromatic rings. The van der Waals surface area contributed by atoms with E-state index in [1.165, 1.54) is 69.8 Å². The van der Waals surface area contributed by atoms with E-state index in [0.717, 1.165) is 113 Å². The number of hydrogen-bond acceptors (Lipinski definition) is 3. The fraction of sp³-hybridized carbons (Fsp3) is 0.854. The minimum atomic E-state index is 0.0106. The lowest BCUT2D eigenvalue weighted by atomic mass is 9.65. The molecule has 0 bridgehead atoms. The molecular formula is C41H60N3P. The monoisotopic (exact) mass is 625 g/mol. The van der Waals surface area contributed by atoms with Gasteiger partial charge in [0.05, 0.1) is 0 Å². The number of hydrogen-bond donors (Lipinski definition) is 0. The lowest BCUT2D eigenvalue weighted by Crippen LogP contribution is -2.80. The summed E-state index contributed by atoms with van der Waals surface area (Å²) in [6.45, 7) is 13.0. The van der Waals surface area contributed by atoms with Crippen LogP contribution >= 0.6 is 7.92 Å². The summed E-state index contributed by atoms with van der Waals surface area (Å²) in [7, 11) is 0.0106.